The van der Waals surface area contributed by atoms with E-state index in [0.717, 1.165) is 5.56 Å². The lowest BCUT2D eigenvalue weighted by Gasteiger charge is -2.19. The van der Waals surface area contributed by atoms with Gasteiger partial charge >= 0.3 is 0 Å². The van der Waals surface area contributed by atoms with Crippen molar-refractivity contribution >= 4 is 33.2 Å². The predicted molar refractivity (Wildman–Crippen MR) is 88.1 cm³/mol. The van der Waals surface area contributed by atoms with Crippen molar-refractivity contribution in [2.45, 2.75) is 11.4 Å². The van der Waals surface area contributed by atoms with E-state index in [1.807, 2.05) is 18.2 Å². The molecular weight excluding hydrogens is 345 g/mol. The minimum Gasteiger partial charge on any atom is -0.496 e. The van der Waals surface area contributed by atoms with Crippen LogP contribution < -0.4 is 4.74 Å². The van der Waals surface area contributed by atoms with Crippen LogP contribution >= 0.6 is 23.2 Å². The third-order valence-corrected chi connectivity index (χ3v) is 5.35. The highest BCUT2D eigenvalue weighted by atomic mass is 35.5. The van der Waals surface area contributed by atoms with Gasteiger partial charge in [0.25, 0.3) is 0 Å². The first-order chi connectivity index (χ1) is 10.3. The van der Waals surface area contributed by atoms with Crippen LogP contribution in [0.3, 0.4) is 0 Å². The molecule has 0 aliphatic rings. The van der Waals surface area contributed by atoms with Crippen molar-refractivity contribution in [3.8, 4) is 5.75 Å². The zero-order valence-corrected chi connectivity index (χ0v) is 14.4. The van der Waals surface area contributed by atoms with Crippen LogP contribution in [-0.4, -0.2) is 26.9 Å². The fraction of sp³-hybridized carbons (Fsp3) is 0.200. The first kappa shape index (κ1) is 17.1. The van der Waals surface area contributed by atoms with E-state index in [4.69, 9.17) is 27.9 Å². The Morgan fingerprint density at radius 1 is 1.09 bits per heavy atom. The Morgan fingerprint density at radius 3 is 2.27 bits per heavy atom. The molecule has 0 saturated heterocycles. The second-order valence-corrected chi connectivity index (χ2v) is 7.60. The van der Waals surface area contributed by atoms with Gasteiger partial charge in [-0.3, -0.25) is 0 Å². The molecule has 0 fully saturated rings. The molecular formula is C15H15Cl2NO3S. The largest absolute Gasteiger partial charge is 0.496 e. The van der Waals surface area contributed by atoms with Gasteiger partial charge in [0.15, 0.2) is 0 Å². The second kappa shape index (κ2) is 6.87. The Balaban J connectivity index is 2.33. The van der Waals surface area contributed by atoms with E-state index in [1.165, 1.54) is 29.6 Å². The van der Waals surface area contributed by atoms with Crippen molar-refractivity contribution in [1.82, 2.24) is 4.31 Å². The molecule has 0 spiro atoms. The third-order valence-electron chi connectivity index (χ3n) is 3.13. The number of hydrogen-bond donors (Lipinski definition) is 0. The highest BCUT2D eigenvalue weighted by Crippen LogP contribution is 2.26. The molecule has 2 aromatic rings. The zero-order chi connectivity index (χ0) is 16.3. The standard InChI is InChI=1S/C15H15Cl2NO3S/c1-18(10-11-5-3-4-6-15(11)21-2)22(19,20)14-8-12(16)7-13(17)9-14/h3-9H,10H2,1-2H3. The lowest BCUT2D eigenvalue weighted by molar-refractivity contribution is 0.398. The van der Waals surface area contributed by atoms with Crippen LogP contribution in [0.15, 0.2) is 47.4 Å². The molecule has 0 radical (unpaired) electrons. The summed E-state index contributed by atoms with van der Waals surface area (Å²) in [4.78, 5) is 0.0578. The monoisotopic (exact) mass is 359 g/mol. The quantitative estimate of drug-likeness (QED) is 0.814. The van der Waals surface area contributed by atoms with Gasteiger partial charge in [0.2, 0.25) is 10.0 Å². The first-order valence-corrected chi connectivity index (χ1v) is 8.58. The van der Waals surface area contributed by atoms with Gasteiger partial charge in [-0.2, -0.15) is 4.31 Å². The zero-order valence-electron chi connectivity index (χ0n) is 12.1. The summed E-state index contributed by atoms with van der Waals surface area (Å²) in [5, 5.41) is 0.550. The smallest absolute Gasteiger partial charge is 0.243 e. The number of rotatable bonds is 5. The van der Waals surface area contributed by atoms with E-state index >= 15 is 0 Å². The number of hydrogen-bond acceptors (Lipinski definition) is 3. The lowest BCUT2D eigenvalue weighted by atomic mass is 10.2. The van der Waals surface area contributed by atoms with Gasteiger partial charge in [-0.15, -0.1) is 0 Å². The maximum atomic E-state index is 12.6. The van der Waals surface area contributed by atoms with E-state index in [1.54, 1.807) is 13.2 Å². The minimum atomic E-state index is -3.70. The predicted octanol–water partition coefficient (Wildman–Crippen LogP) is 3.82. The van der Waals surface area contributed by atoms with Crippen LogP contribution in [0.4, 0.5) is 0 Å². The molecule has 0 amide bonds. The number of nitrogens with zero attached hydrogens (tertiary/aromatic N) is 1. The molecule has 0 aromatic heterocycles. The molecule has 0 N–H and O–H groups in total. The fourth-order valence-corrected chi connectivity index (χ4v) is 3.89. The Hall–Kier alpha value is -1.27. The van der Waals surface area contributed by atoms with Gasteiger partial charge in [0.1, 0.15) is 5.75 Å². The topological polar surface area (TPSA) is 46.6 Å². The molecule has 22 heavy (non-hydrogen) atoms. The summed E-state index contributed by atoms with van der Waals surface area (Å²) >= 11 is 11.8. The van der Waals surface area contributed by atoms with Crippen LogP contribution in [0.2, 0.25) is 10.0 Å². The van der Waals surface area contributed by atoms with Gasteiger partial charge < -0.3 is 4.74 Å². The van der Waals surface area contributed by atoms with Crippen LogP contribution in [-0.2, 0) is 16.6 Å². The molecule has 4 nitrogen and oxygen atoms in total. The molecule has 0 unspecified atom stereocenters. The van der Waals surface area contributed by atoms with Crippen molar-refractivity contribution in [1.29, 1.82) is 0 Å². The fourth-order valence-electron chi connectivity index (χ4n) is 2.02. The Bertz CT molecular complexity index is 758. The SMILES string of the molecule is COc1ccccc1CN(C)S(=O)(=O)c1cc(Cl)cc(Cl)c1. The molecule has 2 rings (SSSR count). The van der Waals surface area contributed by atoms with Crippen molar-refractivity contribution in [3.05, 3.63) is 58.1 Å². The maximum absolute atomic E-state index is 12.6. The summed E-state index contributed by atoms with van der Waals surface area (Å²) in [5.41, 5.74) is 0.768. The van der Waals surface area contributed by atoms with Crippen molar-refractivity contribution in [3.63, 3.8) is 0 Å². The molecule has 7 heteroatoms. The van der Waals surface area contributed by atoms with Crippen LogP contribution in [0.25, 0.3) is 0 Å². The Kier molecular flexibility index (Phi) is 5.34. The molecule has 0 bridgehead atoms. The van der Waals surface area contributed by atoms with Gasteiger partial charge in [-0.25, -0.2) is 8.42 Å². The summed E-state index contributed by atoms with van der Waals surface area (Å²) in [6.45, 7) is 0.177. The van der Waals surface area contributed by atoms with Gasteiger partial charge in [0.05, 0.1) is 12.0 Å². The molecule has 0 heterocycles. The number of benzene rings is 2. The normalized spacial score (nSPS) is 11.7. The van der Waals surface area contributed by atoms with Gasteiger partial charge in [-0.1, -0.05) is 41.4 Å². The molecule has 0 aliphatic heterocycles. The third kappa shape index (κ3) is 3.73. The van der Waals surface area contributed by atoms with E-state index in [2.05, 4.69) is 0 Å². The summed E-state index contributed by atoms with van der Waals surface area (Å²) in [5.74, 6) is 0.633. The van der Waals surface area contributed by atoms with Gasteiger partial charge in [0, 0.05) is 29.2 Å². The summed E-state index contributed by atoms with van der Waals surface area (Å²) < 4.78 is 31.7. The van der Waals surface area contributed by atoms with Gasteiger partial charge in [-0.05, 0) is 24.3 Å². The Labute approximate surface area is 140 Å². The average Bonchev–Trinajstić information content (AvgIpc) is 2.46. The summed E-state index contributed by atoms with van der Waals surface area (Å²) in [6, 6.07) is 11.5. The highest BCUT2D eigenvalue weighted by Gasteiger charge is 2.22. The molecule has 2 aromatic carbocycles. The van der Waals surface area contributed by atoms with Crippen LogP contribution in [0.5, 0.6) is 5.75 Å². The number of ether oxygens (including phenoxy) is 1. The van der Waals surface area contributed by atoms with E-state index in [9.17, 15) is 8.42 Å². The van der Waals surface area contributed by atoms with Crippen LogP contribution in [0.1, 0.15) is 5.56 Å². The average molecular weight is 360 g/mol. The van der Waals surface area contributed by atoms with Crippen LogP contribution in [0, 0.1) is 0 Å². The van der Waals surface area contributed by atoms with Crippen molar-refractivity contribution in [2.75, 3.05) is 14.2 Å². The van der Waals surface area contributed by atoms with E-state index in [0.29, 0.717) is 5.75 Å². The number of halogens is 2. The van der Waals surface area contributed by atoms with Crippen molar-refractivity contribution < 1.29 is 13.2 Å². The number of methoxy groups -OCH3 is 1. The molecule has 0 atom stereocenters. The summed E-state index contributed by atoms with van der Waals surface area (Å²) in [6.07, 6.45) is 0. The second-order valence-electron chi connectivity index (χ2n) is 4.68. The lowest BCUT2D eigenvalue weighted by Crippen LogP contribution is -2.26. The van der Waals surface area contributed by atoms with Crippen molar-refractivity contribution in [2.24, 2.45) is 0 Å². The number of sulfonamides is 1. The molecule has 0 saturated carbocycles. The Morgan fingerprint density at radius 2 is 1.68 bits per heavy atom. The number of para-hydroxylation sites is 1. The maximum Gasteiger partial charge on any atom is 0.243 e. The van der Waals surface area contributed by atoms with E-state index in [-0.39, 0.29) is 21.5 Å². The highest BCUT2D eigenvalue weighted by molar-refractivity contribution is 7.89. The molecule has 118 valence electrons. The molecule has 0 aliphatic carbocycles. The minimum absolute atomic E-state index is 0.0578. The van der Waals surface area contributed by atoms with E-state index < -0.39 is 10.0 Å². The first-order valence-electron chi connectivity index (χ1n) is 6.39. The summed E-state index contributed by atoms with van der Waals surface area (Å²) in [7, 11) is -0.656.